The van der Waals surface area contributed by atoms with E-state index in [4.69, 9.17) is 15.2 Å². The molecule has 0 aliphatic carbocycles. The summed E-state index contributed by atoms with van der Waals surface area (Å²) in [4.78, 5) is 0. The van der Waals surface area contributed by atoms with Crippen molar-refractivity contribution in [1.29, 1.82) is 0 Å². The molecule has 74 valence electrons. The SMILES string of the molecule is COCCn1c(CN)nnc1OC. The van der Waals surface area contributed by atoms with E-state index in [1.807, 2.05) is 0 Å². The van der Waals surface area contributed by atoms with Crippen LogP contribution in [0.5, 0.6) is 6.01 Å². The Morgan fingerprint density at radius 2 is 2.15 bits per heavy atom. The molecule has 0 radical (unpaired) electrons. The molecule has 0 aliphatic heterocycles. The predicted molar refractivity (Wildman–Crippen MR) is 46.3 cm³/mol. The van der Waals surface area contributed by atoms with Gasteiger partial charge in [0, 0.05) is 7.11 Å². The molecule has 0 aromatic carbocycles. The maximum absolute atomic E-state index is 5.47. The van der Waals surface area contributed by atoms with E-state index in [9.17, 15) is 0 Å². The third-order valence-electron chi connectivity index (χ3n) is 1.68. The van der Waals surface area contributed by atoms with Crippen molar-refractivity contribution in [3.05, 3.63) is 5.82 Å². The van der Waals surface area contributed by atoms with E-state index in [1.165, 1.54) is 0 Å². The highest BCUT2D eigenvalue weighted by molar-refractivity contribution is 5.00. The molecule has 0 aliphatic rings. The number of nitrogens with zero attached hydrogens (tertiary/aromatic N) is 3. The number of rotatable bonds is 5. The Bertz CT molecular complexity index is 239. The summed E-state index contributed by atoms with van der Waals surface area (Å²) >= 11 is 0. The third kappa shape index (κ3) is 2.16. The number of methoxy groups -OCH3 is 2. The van der Waals surface area contributed by atoms with E-state index < -0.39 is 0 Å². The molecule has 1 rings (SSSR count). The summed E-state index contributed by atoms with van der Waals surface area (Å²) in [5, 5.41) is 7.68. The molecule has 0 atom stereocenters. The molecule has 6 heteroatoms. The Morgan fingerprint density at radius 1 is 1.38 bits per heavy atom. The third-order valence-corrected chi connectivity index (χ3v) is 1.68. The van der Waals surface area contributed by atoms with E-state index in [0.717, 1.165) is 0 Å². The predicted octanol–water partition coefficient (Wildman–Crippen LogP) is -0.608. The lowest BCUT2D eigenvalue weighted by molar-refractivity contribution is 0.182. The van der Waals surface area contributed by atoms with Crippen LogP contribution in [0.1, 0.15) is 5.82 Å². The molecule has 0 fully saturated rings. The van der Waals surface area contributed by atoms with Gasteiger partial charge in [0.2, 0.25) is 0 Å². The van der Waals surface area contributed by atoms with Crippen molar-refractivity contribution >= 4 is 0 Å². The lowest BCUT2D eigenvalue weighted by Gasteiger charge is -2.06. The highest BCUT2D eigenvalue weighted by Gasteiger charge is 2.09. The summed E-state index contributed by atoms with van der Waals surface area (Å²) in [5.41, 5.74) is 5.47. The minimum Gasteiger partial charge on any atom is -0.467 e. The van der Waals surface area contributed by atoms with Gasteiger partial charge in [0.05, 0.1) is 26.8 Å². The number of nitrogens with two attached hydrogens (primary N) is 1. The maximum atomic E-state index is 5.47. The van der Waals surface area contributed by atoms with Crippen molar-refractivity contribution < 1.29 is 9.47 Å². The lowest BCUT2D eigenvalue weighted by atomic mass is 10.5. The quantitative estimate of drug-likeness (QED) is 0.664. The Labute approximate surface area is 76.6 Å². The van der Waals surface area contributed by atoms with Gasteiger partial charge in [0.1, 0.15) is 5.82 Å². The average molecular weight is 186 g/mol. The number of ether oxygens (including phenoxy) is 2. The summed E-state index contributed by atoms with van der Waals surface area (Å²) in [5.74, 6) is 0.703. The van der Waals surface area contributed by atoms with Crippen LogP contribution in [0.4, 0.5) is 0 Å². The second-order valence-corrected chi connectivity index (χ2v) is 2.45. The van der Waals surface area contributed by atoms with Crippen LogP contribution >= 0.6 is 0 Å². The summed E-state index contributed by atoms with van der Waals surface area (Å²) in [6.07, 6.45) is 0. The van der Waals surface area contributed by atoms with Gasteiger partial charge >= 0.3 is 6.01 Å². The zero-order valence-corrected chi connectivity index (χ0v) is 7.86. The Balaban J connectivity index is 2.78. The van der Waals surface area contributed by atoms with Crippen LogP contribution in [0.2, 0.25) is 0 Å². The van der Waals surface area contributed by atoms with Gasteiger partial charge in [-0.2, -0.15) is 0 Å². The summed E-state index contributed by atoms with van der Waals surface area (Å²) in [6, 6.07) is 0.470. The van der Waals surface area contributed by atoms with Crippen LogP contribution < -0.4 is 10.5 Å². The Kier molecular flexibility index (Phi) is 3.66. The smallest absolute Gasteiger partial charge is 0.316 e. The molecular formula is C7H14N4O2. The number of aromatic nitrogens is 3. The van der Waals surface area contributed by atoms with E-state index in [2.05, 4.69) is 10.2 Å². The van der Waals surface area contributed by atoms with E-state index in [-0.39, 0.29) is 0 Å². The second kappa shape index (κ2) is 4.78. The zero-order valence-electron chi connectivity index (χ0n) is 7.86. The summed E-state index contributed by atoms with van der Waals surface area (Å²) < 4.78 is 11.7. The fourth-order valence-electron chi connectivity index (χ4n) is 1.03. The van der Waals surface area contributed by atoms with Gasteiger partial charge in [0.25, 0.3) is 0 Å². The molecule has 1 aromatic heterocycles. The van der Waals surface area contributed by atoms with Gasteiger partial charge < -0.3 is 15.2 Å². The van der Waals surface area contributed by atoms with Crippen molar-refractivity contribution in [3.63, 3.8) is 0 Å². The van der Waals surface area contributed by atoms with Crippen molar-refractivity contribution in [2.75, 3.05) is 20.8 Å². The fraction of sp³-hybridized carbons (Fsp3) is 0.714. The van der Waals surface area contributed by atoms with Gasteiger partial charge in [-0.1, -0.05) is 5.10 Å². The van der Waals surface area contributed by atoms with Crippen LogP contribution in [0.15, 0.2) is 0 Å². The van der Waals surface area contributed by atoms with Crippen LogP contribution in [-0.2, 0) is 17.8 Å². The minimum absolute atomic E-state index is 0.347. The minimum atomic E-state index is 0.347. The number of hydrogen-bond donors (Lipinski definition) is 1. The van der Waals surface area contributed by atoms with Crippen LogP contribution in [-0.4, -0.2) is 35.6 Å². The molecule has 1 aromatic rings. The second-order valence-electron chi connectivity index (χ2n) is 2.45. The van der Waals surface area contributed by atoms with Crippen LogP contribution in [0, 0.1) is 0 Å². The largest absolute Gasteiger partial charge is 0.467 e. The summed E-state index contributed by atoms with van der Waals surface area (Å²) in [6.45, 7) is 1.58. The van der Waals surface area contributed by atoms with Crippen molar-refractivity contribution in [2.45, 2.75) is 13.1 Å². The van der Waals surface area contributed by atoms with Crippen LogP contribution in [0.25, 0.3) is 0 Å². The normalized spacial score (nSPS) is 10.4. The van der Waals surface area contributed by atoms with Crippen molar-refractivity contribution in [3.8, 4) is 6.01 Å². The monoisotopic (exact) mass is 186 g/mol. The van der Waals surface area contributed by atoms with Gasteiger partial charge in [-0.25, -0.2) is 0 Å². The highest BCUT2D eigenvalue weighted by Crippen LogP contribution is 2.08. The van der Waals surface area contributed by atoms with E-state index in [1.54, 1.807) is 18.8 Å². The topological polar surface area (TPSA) is 75.2 Å². The van der Waals surface area contributed by atoms with E-state index in [0.29, 0.717) is 31.5 Å². The molecule has 0 saturated carbocycles. The first-order valence-corrected chi connectivity index (χ1v) is 3.98. The average Bonchev–Trinajstić information content (AvgIpc) is 2.56. The molecule has 0 spiro atoms. The number of hydrogen-bond acceptors (Lipinski definition) is 5. The van der Waals surface area contributed by atoms with Gasteiger partial charge in [-0.3, -0.25) is 4.57 Å². The van der Waals surface area contributed by atoms with Gasteiger partial charge in [0.15, 0.2) is 0 Å². The van der Waals surface area contributed by atoms with Crippen LogP contribution in [0.3, 0.4) is 0 Å². The maximum Gasteiger partial charge on any atom is 0.316 e. The Morgan fingerprint density at radius 3 is 2.69 bits per heavy atom. The zero-order chi connectivity index (χ0) is 9.68. The first kappa shape index (κ1) is 9.94. The Hall–Kier alpha value is -1.14. The van der Waals surface area contributed by atoms with Gasteiger partial charge in [-0.15, -0.1) is 5.10 Å². The standard InChI is InChI=1S/C7H14N4O2/c1-12-4-3-11-6(5-8)9-10-7(11)13-2/h3-5,8H2,1-2H3. The molecule has 2 N–H and O–H groups in total. The van der Waals surface area contributed by atoms with E-state index >= 15 is 0 Å². The molecule has 1 heterocycles. The van der Waals surface area contributed by atoms with Crippen molar-refractivity contribution in [1.82, 2.24) is 14.8 Å². The molecule has 0 saturated heterocycles. The molecule has 0 amide bonds. The molecule has 0 unspecified atom stereocenters. The highest BCUT2D eigenvalue weighted by atomic mass is 16.5. The molecule has 0 bridgehead atoms. The fourth-order valence-corrected chi connectivity index (χ4v) is 1.03. The van der Waals surface area contributed by atoms with Crippen molar-refractivity contribution in [2.24, 2.45) is 5.73 Å². The summed E-state index contributed by atoms with van der Waals surface area (Å²) in [7, 11) is 3.19. The molecular weight excluding hydrogens is 172 g/mol. The first-order valence-electron chi connectivity index (χ1n) is 3.98. The molecule has 6 nitrogen and oxygen atoms in total. The van der Waals surface area contributed by atoms with Gasteiger partial charge in [-0.05, 0) is 0 Å². The molecule has 13 heavy (non-hydrogen) atoms. The lowest BCUT2D eigenvalue weighted by Crippen LogP contribution is -2.12. The first-order chi connectivity index (χ1) is 6.33.